The molecule has 36 heavy (non-hydrogen) atoms. The Morgan fingerprint density at radius 3 is 2.53 bits per heavy atom. The number of piperidine rings is 1. The van der Waals surface area contributed by atoms with Crippen LogP contribution < -0.4 is 10.6 Å². The molecule has 2 fully saturated rings. The Hall–Kier alpha value is -1.63. The van der Waals surface area contributed by atoms with Gasteiger partial charge in [-0.15, -0.1) is 0 Å². The summed E-state index contributed by atoms with van der Waals surface area (Å²) in [6.45, 7) is 9.24. The second kappa shape index (κ2) is 16.3. The Morgan fingerprint density at radius 2 is 1.81 bits per heavy atom. The first-order chi connectivity index (χ1) is 17.6. The van der Waals surface area contributed by atoms with E-state index in [0.717, 1.165) is 57.8 Å². The van der Waals surface area contributed by atoms with E-state index in [1.54, 1.807) is 7.11 Å². The minimum atomic E-state index is 0.00407. The van der Waals surface area contributed by atoms with Crippen LogP contribution in [0.3, 0.4) is 0 Å². The Morgan fingerprint density at radius 1 is 1.03 bits per heavy atom. The third-order valence-electron chi connectivity index (χ3n) is 7.71. The fourth-order valence-corrected chi connectivity index (χ4v) is 5.83. The summed E-state index contributed by atoms with van der Waals surface area (Å²) < 4.78 is 11.6. The summed E-state index contributed by atoms with van der Waals surface area (Å²) in [5, 5.41) is 7.04. The Bertz CT molecular complexity index is 723. The van der Waals surface area contributed by atoms with Gasteiger partial charge in [0, 0.05) is 51.9 Å². The largest absolute Gasteiger partial charge is 0.385 e. The molecule has 1 saturated heterocycles. The first kappa shape index (κ1) is 28.9. The Balaban J connectivity index is 1.60. The molecule has 3 rings (SSSR count). The van der Waals surface area contributed by atoms with Crippen LogP contribution in [0.2, 0.25) is 0 Å². The molecule has 1 saturated carbocycles. The average molecular weight is 502 g/mol. The first-order valence-corrected chi connectivity index (χ1v) is 14.5. The highest BCUT2D eigenvalue weighted by Crippen LogP contribution is 2.33. The van der Waals surface area contributed by atoms with Gasteiger partial charge in [0.15, 0.2) is 0 Å². The first-order valence-electron chi connectivity index (χ1n) is 14.5. The van der Waals surface area contributed by atoms with Crippen LogP contribution >= 0.6 is 0 Å². The molecule has 2 aliphatic rings. The van der Waals surface area contributed by atoms with Gasteiger partial charge in [-0.3, -0.25) is 0 Å². The van der Waals surface area contributed by atoms with Gasteiger partial charge in [0.05, 0.1) is 6.10 Å². The van der Waals surface area contributed by atoms with Crippen molar-refractivity contribution in [1.82, 2.24) is 15.5 Å². The van der Waals surface area contributed by atoms with Crippen LogP contribution in [0.4, 0.5) is 4.79 Å². The zero-order chi connectivity index (χ0) is 25.6. The van der Waals surface area contributed by atoms with Crippen molar-refractivity contribution in [2.45, 2.75) is 83.8 Å². The van der Waals surface area contributed by atoms with Crippen molar-refractivity contribution < 1.29 is 14.3 Å². The molecule has 2 N–H and O–H groups in total. The Kier molecular flexibility index (Phi) is 13.1. The van der Waals surface area contributed by atoms with E-state index >= 15 is 0 Å². The normalized spacial score (nSPS) is 20.9. The minimum Gasteiger partial charge on any atom is -0.385 e. The number of rotatable bonds is 14. The van der Waals surface area contributed by atoms with E-state index in [4.69, 9.17) is 9.47 Å². The van der Waals surface area contributed by atoms with Crippen LogP contribution in [0, 0.1) is 17.8 Å². The number of methoxy groups -OCH3 is 1. The third-order valence-corrected chi connectivity index (χ3v) is 7.71. The molecular weight excluding hydrogens is 450 g/mol. The summed E-state index contributed by atoms with van der Waals surface area (Å²) in [4.78, 5) is 15.5. The topological polar surface area (TPSA) is 62.8 Å². The average Bonchev–Trinajstić information content (AvgIpc) is 2.89. The number of amides is 2. The number of nitrogens with zero attached hydrogens (tertiary/aromatic N) is 1. The summed E-state index contributed by atoms with van der Waals surface area (Å²) in [5.74, 6) is 1.64. The predicted octanol–water partition coefficient (Wildman–Crippen LogP) is 5.79. The van der Waals surface area contributed by atoms with E-state index in [0.29, 0.717) is 25.0 Å². The van der Waals surface area contributed by atoms with Crippen LogP contribution in [0.15, 0.2) is 30.3 Å². The molecule has 3 atom stereocenters. The van der Waals surface area contributed by atoms with Crippen LogP contribution in [0.5, 0.6) is 0 Å². The molecule has 0 bridgehead atoms. The van der Waals surface area contributed by atoms with Crippen LogP contribution in [-0.4, -0.2) is 63.5 Å². The third kappa shape index (κ3) is 10.0. The molecule has 1 aromatic carbocycles. The number of ether oxygens (including phenoxy) is 2. The van der Waals surface area contributed by atoms with Gasteiger partial charge in [0.1, 0.15) is 0 Å². The van der Waals surface area contributed by atoms with E-state index in [1.165, 1.54) is 37.7 Å². The summed E-state index contributed by atoms with van der Waals surface area (Å²) in [6.07, 6.45) is 10.7. The highest BCUT2D eigenvalue weighted by Gasteiger charge is 2.32. The second-order valence-corrected chi connectivity index (χ2v) is 11.3. The highest BCUT2D eigenvalue weighted by molar-refractivity contribution is 5.74. The minimum absolute atomic E-state index is 0.00407. The quantitative estimate of drug-likeness (QED) is 0.317. The maximum atomic E-state index is 13.5. The molecule has 1 aliphatic carbocycles. The molecule has 1 heterocycles. The molecule has 2 amide bonds. The van der Waals surface area contributed by atoms with Gasteiger partial charge in [0.2, 0.25) is 0 Å². The Labute approximate surface area is 219 Å². The van der Waals surface area contributed by atoms with Crippen molar-refractivity contribution in [3.63, 3.8) is 0 Å². The second-order valence-electron chi connectivity index (χ2n) is 11.3. The van der Waals surface area contributed by atoms with Gasteiger partial charge in [0.25, 0.3) is 0 Å². The van der Waals surface area contributed by atoms with Gasteiger partial charge in [-0.2, -0.15) is 0 Å². The molecule has 6 heteroatoms. The molecule has 0 spiro atoms. The van der Waals surface area contributed by atoms with E-state index < -0.39 is 0 Å². The maximum Gasteiger partial charge on any atom is 0.317 e. The van der Waals surface area contributed by atoms with Crippen molar-refractivity contribution in [1.29, 1.82) is 0 Å². The molecule has 1 aromatic rings. The number of carbonyl (C=O) groups excluding carboxylic acids is 1. The van der Waals surface area contributed by atoms with E-state index in [2.05, 4.69) is 48.7 Å². The summed E-state index contributed by atoms with van der Waals surface area (Å²) in [6, 6.07) is 10.8. The number of benzene rings is 1. The van der Waals surface area contributed by atoms with E-state index in [9.17, 15) is 4.79 Å². The molecule has 0 aromatic heterocycles. The van der Waals surface area contributed by atoms with Crippen molar-refractivity contribution in [3.05, 3.63) is 35.9 Å². The fourth-order valence-electron chi connectivity index (χ4n) is 5.83. The summed E-state index contributed by atoms with van der Waals surface area (Å²) in [7, 11) is 1.73. The number of urea groups is 1. The van der Waals surface area contributed by atoms with Gasteiger partial charge in [-0.1, -0.05) is 76.3 Å². The molecule has 204 valence electrons. The fraction of sp³-hybridized carbons (Fsp3) is 0.767. The number of hydrogen-bond acceptors (Lipinski definition) is 4. The lowest BCUT2D eigenvalue weighted by atomic mass is 9.84. The number of carbonyl (C=O) groups is 1. The van der Waals surface area contributed by atoms with Crippen molar-refractivity contribution in [2.24, 2.45) is 17.8 Å². The zero-order valence-electron chi connectivity index (χ0n) is 23.1. The predicted molar refractivity (Wildman–Crippen MR) is 147 cm³/mol. The van der Waals surface area contributed by atoms with Crippen LogP contribution in [-0.2, 0) is 9.47 Å². The SMILES string of the molecule is COCCCO[C@@H](c1ccccc1)[C@@H]1CCCN(C(=O)NC(CNCC(C)C)CC2CCCCC2)C1. The number of likely N-dealkylation sites (tertiary alicyclic amines) is 1. The lowest BCUT2D eigenvalue weighted by Crippen LogP contribution is -2.52. The molecule has 0 radical (unpaired) electrons. The smallest absolute Gasteiger partial charge is 0.317 e. The van der Waals surface area contributed by atoms with Gasteiger partial charge >= 0.3 is 6.03 Å². The summed E-state index contributed by atoms with van der Waals surface area (Å²) in [5.41, 5.74) is 1.20. The van der Waals surface area contributed by atoms with Crippen molar-refractivity contribution in [2.75, 3.05) is 46.5 Å². The molecule has 1 unspecified atom stereocenters. The van der Waals surface area contributed by atoms with E-state index in [-0.39, 0.29) is 18.2 Å². The van der Waals surface area contributed by atoms with Crippen LogP contribution in [0.25, 0.3) is 0 Å². The lowest BCUT2D eigenvalue weighted by molar-refractivity contribution is -0.0168. The standard InChI is InChI=1S/C30H51N3O3/c1-24(2)21-31-22-28(20-25-12-6-4-7-13-25)32-30(34)33-17-10-16-27(23-33)29(36-19-11-18-35-3)26-14-8-5-9-15-26/h5,8-9,14-15,24-25,27-29,31H,4,6-7,10-13,16-23H2,1-3H3,(H,32,34)/t27-,28?,29+/m1/s1. The highest BCUT2D eigenvalue weighted by atomic mass is 16.5. The van der Waals surface area contributed by atoms with Gasteiger partial charge in [-0.25, -0.2) is 4.79 Å². The lowest BCUT2D eigenvalue weighted by Gasteiger charge is -2.38. The van der Waals surface area contributed by atoms with Crippen molar-refractivity contribution >= 4 is 6.03 Å². The number of nitrogens with one attached hydrogen (secondary N) is 2. The van der Waals surface area contributed by atoms with Gasteiger partial charge in [-0.05, 0) is 49.6 Å². The monoisotopic (exact) mass is 501 g/mol. The van der Waals surface area contributed by atoms with Crippen LogP contribution in [0.1, 0.15) is 83.3 Å². The van der Waals surface area contributed by atoms with Crippen molar-refractivity contribution in [3.8, 4) is 0 Å². The van der Waals surface area contributed by atoms with Gasteiger partial charge < -0.3 is 25.0 Å². The molecule has 6 nitrogen and oxygen atoms in total. The zero-order valence-corrected chi connectivity index (χ0v) is 23.1. The summed E-state index contributed by atoms with van der Waals surface area (Å²) >= 11 is 0. The maximum absolute atomic E-state index is 13.5. The number of hydrogen-bond donors (Lipinski definition) is 2. The molecular formula is C30H51N3O3. The molecule has 1 aliphatic heterocycles. The van der Waals surface area contributed by atoms with E-state index in [1.807, 2.05) is 11.0 Å².